The van der Waals surface area contributed by atoms with Crippen LogP contribution in [0.3, 0.4) is 0 Å². The topological polar surface area (TPSA) is 46.0 Å². The van der Waals surface area contributed by atoms with Gasteiger partial charge in [-0.25, -0.2) is 9.97 Å². The van der Waals surface area contributed by atoms with Gasteiger partial charge in [-0.2, -0.15) is 13.2 Å². The molecule has 0 aliphatic rings. The molecule has 1 aromatic carbocycles. The van der Waals surface area contributed by atoms with E-state index in [-0.39, 0.29) is 12.4 Å². The van der Waals surface area contributed by atoms with Gasteiger partial charge in [-0.05, 0) is 38.0 Å². The van der Waals surface area contributed by atoms with Crippen LogP contribution in [-0.2, 0) is 12.6 Å². The Balaban J connectivity index is 2.48. The number of aromatic nitrogens is 2. The highest BCUT2D eigenvalue weighted by molar-refractivity contribution is 5.57. The summed E-state index contributed by atoms with van der Waals surface area (Å²) in [5.41, 5.74) is 1.77. The number of aryl methyl sites for hydroxylation is 2. The van der Waals surface area contributed by atoms with Gasteiger partial charge >= 0.3 is 6.18 Å². The molecule has 0 saturated heterocycles. The van der Waals surface area contributed by atoms with Crippen molar-refractivity contribution < 1.29 is 18.3 Å². The summed E-state index contributed by atoms with van der Waals surface area (Å²) < 4.78 is 38.2. The Hall–Kier alpha value is -1.95. The van der Waals surface area contributed by atoms with Gasteiger partial charge in [0, 0.05) is 23.6 Å². The Labute approximate surface area is 120 Å². The highest BCUT2D eigenvalue weighted by Gasteiger charge is 2.30. The number of nitrogens with zero attached hydrogens (tertiary/aromatic N) is 2. The van der Waals surface area contributed by atoms with Gasteiger partial charge in [0.15, 0.2) is 5.82 Å². The zero-order chi connectivity index (χ0) is 15.6. The molecular weight excluding hydrogens is 281 g/mol. The molecule has 0 unspecified atom stereocenters. The normalized spacial score (nSPS) is 11.7. The number of rotatable bonds is 3. The minimum atomic E-state index is -4.39. The lowest BCUT2D eigenvalue weighted by molar-refractivity contribution is -0.137. The SMILES string of the molecule is Cc1nc(-c2cccc(C(F)(F)F)c2)nc(C)c1CCO. The molecule has 0 fully saturated rings. The van der Waals surface area contributed by atoms with Crippen molar-refractivity contribution >= 4 is 0 Å². The van der Waals surface area contributed by atoms with Crippen molar-refractivity contribution in [3.05, 3.63) is 46.8 Å². The first-order valence-corrected chi connectivity index (χ1v) is 6.45. The number of aliphatic hydroxyl groups is 1. The maximum absolute atomic E-state index is 12.7. The van der Waals surface area contributed by atoms with Gasteiger partial charge in [-0.3, -0.25) is 0 Å². The van der Waals surface area contributed by atoms with Crippen LogP contribution >= 0.6 is 0 Å². The molecule has 0 spiro atoms. The summed E-state index contributed by atoms with van der Waals surface area (Å²) in [6, 6.07) is 4.95. The predicted molar refractivity (Wildman–Crippen MR) is 72.7 cm³/mol. The largest absolute Gasteiger partial charge is 0.416 e. The maximum Gasteiger partial charge on any atom is 0.416 e. The van der Waals surface area contributed by atoms with Crippen LogP contribution < -0.4 is 0 Å². The van der Waals surface area contributed by atoms with E-state index in [1.165, 1.54) is 6.07 Å². The highest BCUT2D eigenvalue weighted by Crippen LogP contribution is 2.31. The third-order valence-electron chi connectivity index (χ3n) is 3.23. The van der Waals surface area contributed by atoms with Crippen molar-refractivity contribution in [1.29, 1.82) is 0 Å². The molecule has 1 N–H and O–H groups in total. The first kappa shape index (κ1) is 15.4. The standard InChI is InChI=1S/C15H15F3N2O/c1-9-13(6-7-21)10(2)20-14(19-9)11-4-3-5-12(8-11)15(16,17)18/h3-5,8,21H,6-7H2,1-2H3. The Kier molecular flexibility index (Phi) is 4.27. The second-order valence-corrected chi connectivity index (χ2v) is 4.75. The number of halogens is 3. The van der Waals surface area contributed by atoms with Gasteiger partial charge in [0.1, 0.15) is 0 Å². The fraction of sp³-hybridized carbons (Fsp3) is 0.333. The Morgan fingerprint density at radius 1 is 1.10 bits per heavy atom. The van der Waals surface area contributed by atoms with E-state index in [2.05, 4.69) is 9.97 Å². The number of hydrogen-bond acceptors (Lipinski definition) is 3. The van der Waals surface area contributed by atoms with Crippen LogP contribution in [0.5, 0.6) is 0 Å². The summed E-state index contributed by atoms with van der Waals surface area (Å²) in [5.74, 6) is 0.262. The zero-order valence-electron chi connectivity index (χ0n) is 11.7. The smallest absolute Gasteiger partial charge is 0.396 e. The molecular formula is C15H15F3N2O. The third-order valence-corrected chi connectivity index (χ3v) is 3.23. The minimum Gasteiger partial charge on any atom is -0.396 e. The Morgan fingerprint density at radius 3 is 2.24 bits per heavy atom. The van der Waals surface area contributed by atoms with Crippen LogP contribution in [0.1, 0.15) is 22.5 Å². The van der Waals surface area contributed by atoms with Gasteiger partial charge in [0.2, 0.25) is 0 Å². The number of alkyl halides is 3. The number of hydrogen-bond donors (Lipinski definition) is 1. The summed E-state index contributed by atoms with van der Waals surface area (Å²) in [6.45, 7) is 3.50. The first-order valence-electron chi connectivity index (χ1n) is 6.45. The van der Waals surface area contributed by atoms with E-state index < -0.39 is 11.7 Å². The van der Waals surface area contributed by atoms with E-state index >= 15 is 0 Å². The van der Waals surface area contributed by atoms with Gasteiger partial charge in [0.25, 0.3) is 0 Å². The van der Waals surface area contributed by atoms with Gasteiger partial charge in [-0.1, -0.05) is 12.1 Å². The second-order valence-electron chi connectivity index (χ2n) is 4.75. The summed E-state index contributed by atoms with van der Waals surface area (Å²) in [5, 5.41) is 9.00. The molecule has 21 heavy (non-hydrogen) atoms. The van der Waals surface area contributed by atoms with Crippen LogP contribution in [0.2, 0.25) is 0 Å². The first-order chi connectivity index (χ1) is 9.82. The highest BCUT2D eigenvalue weighted by atomic mass is 19.4. The molecule has 6 heteroatoms. The van der Waals surface area contributed by atoms with Crippen LogP contribution in [0.4, 0.5) is 13.2 Å². The van der Waals surface area contributed by atoms with Crippen LogP contribution in [-0.4, -0.2) is 21.7 Å². The fourth-order valence-electron chi connectivity index (χ4n) is 2.18. The van der Waals surface area contributed by atoms with Crippen LogP contribution in [0.25, 0.3) is 11.4 Å². The molecule has 1 aromatic heterocycles. The molecule has 0 bridgehead atoms. The summed E-state index contributed by atoms with van der Waals surface area (Å²) in [4.78, 5) is 8.51. The van der Waals surface area contributed by atoms with Crippen molar-refractivity contribution in [3.63, 3.8) is 0 Å². The van der Waals surface area contributed by atoms with Crippen molar-refractivity contribution in [2.45, 2.75) is 26.4 Å². The van der Waals surface area contributed by atoms with E-state index in [1.54, 1.807) is 19.9 Å². The lowest BCUT2D eigenvalue weighted by Gasteiger charge is -2.11. The molecule has 112 valence electrons. The zero-order valence-corrected chi connectivity index (χ0v) is 11.7. The molecule has 0 atom stereocenters. The molecule has 3 nitrogen and oxygen atoms in total. The fourth-order valence-corrected chi connectivity index (χ4v) is 2.18. The van der Waals surface area contributed by atoms with Crippen molar-refractivity contribution in [1.82, 2.24) is 9.97 Å². The maximum atomic E-state index is 12.7. The van der Waals surface area contributed by atoms with E-state index in [0.29, 0.717) is 23.4 Å². The van der Waals surface area contributed by atoms with E-state index in [9.17, 15) is 13.2 Å². The van der Waals surface area contributed by atoms with Gasteiger partial charge in [0.05, 0.1) is 5.56 Å². The number of aliphatic hydroxyl groups excluding tert-OH is 1. The Morgan fingerprint density at radius 2 is 1.71 bits per heavy atom. The van der Waals surface area contributed by atoms with Crippen LogP contribution in [0, 0.1) is 13.8 Å². The monoisotopic (exact) mass is 296 g/mol. The summed E-state index contributed by atoms with van der Waals surface area (Å²) in [7, 11) is 0. The van der Waals surface area contributed by atoms with E-state index in [1.807, 2.05) is 0 Å². The molecule has 2 rings (SSSR count). The van der Waals surface area contributed by atoms with Gasteiger partial charge < -0.3 is 5.11 Å². The summed E-state index contributed by atoms with van der Waals surface area (Å²) in [6.07, 6.45) is -3.96. The Bertz CT molecular complexity index is 631. The molecule has 0 amide bonds. The predicted octanol–water partition coefficient (Wildman–Crippen LogP) is 3.31. The molecule has 2 aromatic rings. The molecule has 0 aliphatic heterocycles. The number of benzene rings is 1. The molecule has 0 saturated carbocycles. The lowest BCUT2D eigenvalue weighted by Crippen LogP contribution is -2.07. The lowest BCUT2D eigenvalue weighted by atomic mass is 10.1. The average Bonchev–Trinajstić information content (AvgIpc) is 2.42. The van der Waals surface area contributed by atoms with Crippen molar-refractivity contribution in [3.8, 4) is 11.4 Å². The van der Waals surface area contributed by atoms with Crippen molar-refractivity contribution in [2.24, 2.45) is 0 Å². The van der Waals surface area contributed by atoms with E-state index in [0.717, 1.165) is 17.7 Å². The second kappa shape index (κ2) is 5.81. The van der Waals surface area contributed by atoms with Gasteiger partial charge in [-0.15, -0.1) is 0 Å². The summed E-state index contributed by atoms with van der Waals surface area (Å²) >= 11 is 0. The molecule has 0 radical (unpaired) electrons. The average molecular weight is 296 g/mol. The quantitative estimate of drug-likeness (QED) is 0.945. The third kappa shape index (κ3) is 3.39. The molecule has 1 heterocycles. The minimum absolute atomic E-state index is 0.0199. The van der Waals surface area contributed by atoms with Crippen molar-refractivity contribution in [2.75, 3.05) is 6.61 Å². The van der Waals surface area contributed by atoms with E-state index in [4.69, 9.17) is 5.11 Å². The molecule has 0 aliphatic carbocycles. The van der Waals surface area contributed by atoms with Crippen LogP contribution in [0.15, 0.2) is 24.3 Å².